The van der Waals surface area contributed by atoms with Crippen molar-refractivity contribution in [2.75, 3.05) is 29.9 Å². The molecule has 0 aliphatic carbocycles. The monoisotopic (exact) mass is 597 g/mol. The molecular weight excluding hydrogens is 561 g/mol. The summed E-state index contributed by atoms with van der Waals surface area (Å²) in [4.78, 5) is 29.1. The Hall–Kier alpha value is -4.12. The van der Waals surface area contributed by atoms with Crippen molar-refractivity contribution in [1.29, 1.82) is 0 Å². The number of ether oxygens (including phenoxy) is 2. The Labute approximate surface area is 246 Å². The smallest absolute Gasteiger partial charge is 0.244 e. The number of anilines is 1. The van der Waals surface area contributed by atoms with Crippen LogP contribution in [0.2, 0.25) is 0 Å². The number of rotatable bonds is 14. The van der Waals surface area contributed by atoms with Crippen LogP contribution in [0.3, 0.4) is 0 Å². The van der Waals surface area contributed by atoms with Crippen LogP contribution >= 0.6 is 0 Å². The average Bonchev–Trinajstić information content (AvgIpc) is 3.47. The minimum atomic E-state index is -3.95. The number of benzene rings is 3. The van der Waals surface area contributed by atoms with Crippen molar-refractivity contribution in [2.45, 2.75) is 45.7 Å². The fraction of sp³-hybridized carbons (Fsp3) is 0.355. The summed E-state index contributed by atoms with van der Waals surface area (Å²) in [5.74, 6) is -1.03. The summed E-state index contributed by atoms with van der Waals surface area (Å²) in [6.45, 7) is 3.07. The first-order chi connectivity index (χ1) is 20.2. The molecule has 1 N–H and O–H groups in total. The number of nitrogens with zero attached hydrogens (tertiary/aromatic N) is 2. The number of nitrogens with one attached hydrogen (secondary N) is 1. The molecular formula is C31H36FN3O6S. The fourth-order valence-electron chi connectivity index (χ4n) is 4.63. The van der Waals surface area contributed by atoms with Crippen molar-refractivity contribution in [3.8, 4) is 11.5 Å². The molecule has 1 aliphatic rings. The van der Waals surface area contributed by atoms with Crippen molar-refractivity contribution in [1.82, 2.24) is 10.2 Å². The van der Waals surface area contributed by atoms with Crippen LogP contribution in [0.4, 0.5) is 10.1 Å². The molecule has 1 aliphatic heterocycles. The van der Waals surface area contributed by atoms with E-state index in [1.54, 1.807) is 24.3 Å². The largest absolute Gasteiger partial charge is 0.454 e. The molecule has 0 radical (unpaired) electrons. The molecule has 1 heterocycles. The highest BCUT2D eigenvalue weighted by atomic mass is 32.2. The third kappa shape index (κ3) is 7.58. The van der Waals surface area contributed by atoms with Gasteiger partial charge in [-0.3, -0.25) is 13.9 Å². The van der Waals surface area contributed by atoms with E-state index < -0.39 is 40.2 Å². The molecule has 9 nitrogen and oxygen atoms in total. The second kappa shape index (κ2) is 14.2. The number of sulfonamides is 1. The topological polar surface area (TPSA) is 105 Å². The second-order valence-corrected chi connectivity index (χ2v) is 12.1. The van der Waals surface area contributed by atoms with Gasteiger partial charge in [-0.05, 0) is 37.1 Å². The summed E-state index contributed by atoms with van der Waals surface area (Å²) in [5.41, 5.74) is 1.22. The van der Waals surface area contributed by atoms with Crippen molar-refractivity contribution in [3.63, 3.8) is 0 Å². The Kier molecular flexibility index (Phi) is 10.4. The molecule has 4 rings (SSSR count). The molecule has 0 spiro atoms. The van der Waals surface area contributed by atoms with Crippen LogP contribution in [-0.2, 0) is 32.6 Å². The van der Waals surface area contributed by atoms with Crippen LogP contribution in [-0.4, -0.2) is 56.8 Å². The molecule has 0 aromatic heterocycles. The third-order valence-electron chi connectivity index (χ3n) is 7.02. The summed E-state index contributed by atoms with van der Waals surface area (Å²) < 4.78 is 53.2. The van der Waals surface area contributed by atoms with Gasteiger partial charge in [-0.2, -0.15) is 0 Å². The average molecular weight is 598 g/mol. The maximum absolute atomic E-state index is 14.9. The van der Waals surface area contributed by atoms with Crippen LogP contribution in [0.25, 0.3) is 0 Å². The van der Waals surface area contributed by atoms with Crippen molar-refractivity contribution < 1.29 is 31.9 Å². The normalized spacial score (nSPS) is 12.9. The van der Waals surface area contributed by atoms with E-state index in [4.69, 9.17) is 9.47 Å². The van der Waals surface area contributed by atoms with E-state index in [1.807, 2.05) is 37.3 Å². The molecule has 0 fully saturated rings. The Morgan fingerprint density at radius 1 is 0.976 bits per heavy atom. The number of amides is 2. The number of halogens is 1. The number of unbranched alkanes of at least 4 members (excludes halogenated alkanes) is 1. The van der Waals surface area contributed by atoms with Crippen molar-refractivity contribution in [2.24, 2.45) is 0 Å². The molecule has 1 atom stereocenters. The van der Waals surface area contributed by atoms with Gasteiger partial charge in [0.15, 0.2) is 11.5 Å². The first-order valence-electron chi connectivity index (χ1n) is 14.0. The number of carbonyl (C=O) groups excluding carboxylic acids is 2. The van der Waals surface area contributed by atoms with Gasteiger partial charge in [-0.1, -0.05) is 61.9 Å². The highest BCUT2D eigenvalue weighted by Crippen LogP contribution is 2.36. The minimum Gasteiger partial charge on any atom is -0.454 e. The van der Waals surface area contributed by atoms with E-state index in [-0.39, 0.29) is 36.8 Å². The van der Waals surface area contributed by atoms with Gasteiger partial charge in [-0.25, -0.2) is 12.8 Å². The number of carbonyl (C=O) groups is 2. The molecule has 11 heteroatoms. The van der Waals surface area contributed by atoms with Gasteiger partial charge in [-0.15, -0.1) is 0 Å². The van der Waals surface area contributed by atoms with E-state index in [1.165, 1.54) is 30.0 Å². The van der Waals surface area contributed by atoms with E-state index in [2.05, 4.69) is 5.32 Å². The van der Waals surface area contributed by atoms with Gasteiger partial charge < -0.3 is 19.7 Å². The zero-order chi connectivity index (χ0) is 30.1. The minimum absolute atomic E-state index is 0.00295. The van der Waals surface area contributed by atoms with E-state index in [9.17, 15) is 22.4 Å². The molecule has 2 amide bonds. The quantitative estimate of drug-likeness (QED) is 0.279. The first kappa shape index (κ1) is 30.8. The van der Waals surface area contributed by atoms with E-state index in [0.29, 0.717) is 18.0 Å². The number of hydrogen-bond acceptors (Lipinski definition) is 6. The van der Waals surface area contributed by atoms with E-state index >= 15 is 0 Å². The Bertz CT molecular complexity index is 1480. The zero-order valence-corrected chi connectivity index (χ0v) is 24.6. The van der Waals surface area contributed by atoms with Crippen molar-refractivity contribution >= 4 is 27.5 Å². The molecule has 224 valence electrons. The van der Waals surface area contributed by atoms with Gasteiger partial charge in [0.1, 0.15) is 18.4 Å². The summed E-state index contributed by atoms with van der Waals surface area (Å²) in [7, 11) is -3.95. The summed E-state index contributed by atoms with van der Waals surface area (Å²) in [6, 6.07) is 18.8. The summed E-state index contributed by atoms with van der Waals surface area (Å²) in [5, 5.41) is 2.91. The Morgan fingerprint density at radius 2 is 1.69 bits per heavy atom. The SMILES string of the molecule is CCCCNC(=O)C(Cc1ccccc1)N(Cc1ccccc1F)C(=O)CN(c1ccc2c(c1)OCO2)S(=O)(=O)CC. The highest BCUT2D eigenvalue weighted by molar-refractivity contribution is 7.92. The first-order valence-corrected chi connectivity index (χ1v) is 15.6. The van der Waals surface area contributed by atoms with Gasteiger partial charge in [0, 0.05) is 31.1 Å². The third-order valence-corrected chi connectivity index (χ3v) is 8.76. The summed E-state index contributed by atoms with van der Waals surface area (Å²) >= 11 is 0. The van der Waals surface area contributed by atoms with E-state index in [0.717, 1.165) is 22.7 Å². The zero-order valence-electron chi connectivity index (χ0n) is 23.8. The molecule has 0 saturated heterocycles. The fourth-order valence-corrected chi connectivity index (χ4v) is 5.68. The van der Waals surface area contributed by atoms with Gasteiger partial charge in [0.25, 0.3) is 0 Å². The van der Waals surface area contributed by atoms with Crippen LogP contribution in [0.1, 0.15) is 37.8 Å². The predicted octanol–water partition coefficient (Wildman–Crippen LogP) is 4.27. The lowest BCUT2D eigenvalue weighted by atomic mass is 10.0. The summed E-state index contributed by atoms with van der Waals surface area (Å²) in [6.07, 6.45) is 1.77. The lowest BCUT2D eigenvalue weighted by Crippen LogP contribution is -2.53. The predicted molar refractivity (Wildman–Crippen MR) is 158 cm³/mol. The van der Waals surface area contributed by atoms with Gasteiger partial charge in [0.2, 0.25) is 28.6 Å². The molecule has 42 heavy (non-hydrogen) atoms. The molecule has 0 bridgehead atoms. The molecule has 3 aromatic rings. The Balaban J connectivity index is 1.74. The van der Waals surface area contributed by atoms with Gasteiger partial charge in [0.05, 0.1) is 11.4 Å². The van der Waals surface area contributed by atoms with Crippen LogP contribution in [0.15, 0.2) is 72.8 Å². The molecule has 1 unspecified atom stereocenters. The molecule has 3 aromatic carbocycles. The number of hydrogen-bond donors (Lipinski definition) is 1. The van der Waals surface area contributed by atoms with Crippen LogP contribution in [0.5, 0.6) is 11.5 Å². The highest BCUT2D eigenvalue weighted by Gasteiger charge is 2.34. The number of fused-ring (bicyclic) bond motifs is 1. The van der Waals surface area contributed by atoms with Crippen LogP contribution < -0.4 is 19.1 Å². The molecule has 0 saturated carbocycles. The second-order valence-electron chi connectivity index (χ2n) is 9.91. The van der Waals surface area contributed by atoms with Gasteiger partial charge >= 0.3 is 0 Å². The lowest BCUT2D eigenvalue weighted by Gasteiger charge is -2.34. The maximum atomic E-state index is 14.9. The lowest BCUT2D eigenvalue weighted by molar-refractivity contribution is -0.140. The van der Waals surface area contributed by atoms with Crippen LogP contribution in [0, 0.1) is 5.82 Å². The standard InChI is InChI=1S/C31H36FN3O6S/c1-3-5-17-33-31(37)27(18-23-11-7-6-8-12-23)34(20-24-13-9-10-14-26(24)32)30(36)21-35(42(38,39)4-2)25-15-16-28-29(19-25)41-22-40-28/h6-16,19,27H,3-5,17-18,20-22H2,1-2H3,(H,33,37). The van der Waals surface area contributed by atoms with Crippen molar-refractivity contribution in [3.05, 3.63) is 89.7 Å². The Morgan fingerprint density at radius 3 is 2.40 bits per heavy atom. The maximum Gasteiger partial charge on any atom is 0.244 e.